The van der Waals surface area contributed by atoms with E-state index in [1.54, 1.807) is 0 Å². The molecular formula is C36H48BN. The van der Waals surface area contributed by atoms with Gasteiger partial charge in [0.15, 0.2) is 0 Å². The Morgan fingerprint density at radius 1 is 0.474 bits per heavy atom. The summed E-state index contributed by atoms with van der Waals surface area (Å²) in [6, 6.07) is 43.8. The van der Waals surface area contributed by atoms with Gasteiger partial charge in [0.2, 0.25) is 0 Å². The monoisotopic (exact) mass is 505 g/mol. The van der Waals surface area contributed by atoms with E-state index in [0.29, 0.717) is 0 Å². The molecule has 0 heterocycles. The smallest absolute Gasteiger partial charge is 0.0856 e. The van der Waals surface area contributed by atoms with Gasteiger partial charge in [-0.2, -0.15) is 16.4 Å². The first-order valence-electron chi connectivity index (χ1n) is 14.6. The second-order valence-electron chi connectivity index (χ2n) is 11.7. The van der Waals surface area contributed by atoms with Crippen LogP contribution in [0.4, 0.5) is 0 Å². The highest BCUT2D eigenvalue weighted by molar-refractivity contribution is 7.11. The number of benzene rings is 4. The molecular weight excluding hydrogens is 457 g/mol. The number of quaternary nitrogens is 1. The average Bonchev–Trinajstić information content (AvgIpc) is 2.95. The molecule has 0 amide bonds. The zero-order valence-electron chi connectivity index (χ0n) is 24.2. The molecule has 0 aliphatic rings. The SMILES string of the molecule is CCCCCCCC[N+](C)(C)C.c1ccc(C[B-](c2ccccc2)(c2ccccc2)c2ccccc2)cc1. The Balaban J connectivity index is 0.000000284. The molecule has 1 nitrogen and oxygen atoms in total. The topological polar surface area (TPSA) is 0 Å². The van der Waals surface area contributed by atoms with Crippen LogP contribution in [0.15, 0.2) is 121 Å². The summed E-state index contributed by atoms with van der Waals surface area (Å²) in [6.45, 7) is 3.60. The Labute approximate surface area is 233 Å². The van der Waals surface area contributed by atoms with Crippen LogP contribution in [0.3, 0.4) is 0 Å². The molecule has 0 fully saturated rings. The molecule has 200 valence electrons. The highest BCUT2D eigenvalue weighted by Gasteiger charge is 2.29. The maximum atomic E-state index is 2.28. The van der Waals surface area contributed by atoms with Crippen LogP contribution in [-0.2, 0) is 6.32 Å². The van der Waals surface area contributed by atoms with Gasteiger partial charge in [-0.15, -0.1) is 6.32 Å². The van der Waals surface area contributed by atoms with Crippen LogP contribution in [-0.4, -0.2) is 38.3 Å². The van der Waals surface area contributed by atoms with Crippen LogP contribution < -0.4 is 16.4 Å². The molecule has 0 aliphatic carbocycles. The average molecular weight is 506 g/mol. The largest absolute Gasteiger partial charge is 0.331 e. The van der Waals surface area contributed by atoms with Gasteiger partial charge in [-0.3, -0.25) is 0 Å². The van der Waals surface area contributed by atoms with E-state index in [0.717, 1.165) is 10.8 Å². The molecule has 2 heteroatoms. The Morgan fingerprint density at radius 2 is 0.842 bits per heavy atom. The number of hydrogen-bond donors (Lipinski definition) is 0. The van der Waals surface area contributed by atoms with Gasteiger partial charge in [-0.25, -0.2) is 0 Å². The third-order valence-corrected chi connectivity index (χ3v) is 7.67. The lowest BCUT2D eigenvalue weighted by Crippen LogP contribution is -2.68. The zero-order valence-corrected chi connectivity index (χ0v) is 24.2. The summed E-state index contributed by atoms with van der Waals surface area (Å²) < 4.78 is 1.12. The fourth-order valence-electron chi connectivity index (χ4n) is 5.61. The van der Waals surface area contributed by atoms with Crippen LogP contribution in [0.5, 0.6) is 0 Å². The van der Waals surface area contributed by atoms with E-state index >= 15 is 0 Å². The number of nitrogens with zero attached hydrogens (tertiary/aromatic N) is 1. The molecule has 0 unspecified atom stereocenters. The fourth-order valence-corrected chi connectivity index (χ4v) is 5.61. The summed E-state index contributed by atoms with van der Waals surface area (Å²) >= 11 is 0. The molecule has 38 heavy (non-hydrogen) atoms. The molecule has 0 bridgehead atoms. The summed E-state index contributed by atoms with van der Waals surface area (Å²) in [5, 5.41) is 0. The van der Waals surface area contributed by atoms with Crippen molar-refractivity contribution in [2.45, 2.75) is 51.8 Å². The molecule has 4 rings (SSSR count). The molecule has 0 aromatic heterocycles. The van der Waals surface area contributed by atoms with E-state index in [9.17, 15) is 0 Å². The van der Waals surface area contributed by atoms with Crippen molar-refractivity contribution in [1.82, 2.24) is 0 Å². The van der Waals surface area contributed by atoms with Crippen molar-refractivity contribution in [3.8, 4) is 0 Å². The van der Waals surface area contributed by atoms with E-state index in [-0.39, 0.29) is 0 Å². The molecule has 0 saturated heterocycles. The third-order valence-electron chi connectivity index (χ3n) is 7.67. The molecule has 0 atom stereocenters. The number of unbranched alkanes of at least 4 members (excludes halogenated alkanes) is 5. The molecule has 0 radical (unpaired) electrons. The van der Waals surface area contributed by atoms with Crippen molar-refractivity contribution >= 4 is 22.5 Å². The van der Waals surface area contributed by atoms with Crippen LogP contribution in [0, 0.1) is 0 Å². The summed E-state index contributed by atoms with van der Waals surface area (Å²) in [6.07, 6.45) is 8.37. The van der Waals surface area contributed by atoms with Crippen molar-refractivity contribution in [2.24, 2.45) is 0 Å². The minimum absolute atomic E-state index is 0.985. The van der Waals surface area contributed by atoms with Crippen LogP contribution in [0.25, 0.3) is 0 Å². The van der Waals surface area contributed by atoms with E-state index in [1.165, 1.54) is 67.0 Å². The lowest BCUT2D eigenvalue weighted by Gasteiger charge is -2.43. The van der Waals surface area contributed by atoms with Crippen molar-refractivity contribution in [3.63, 3.8) is 0 Å². The summed E-state index contributed by atoms with van der Waals surface area (Å²) in [7, 11) is 6.81. The van der Waals surface area contributed by atoms with Gasteiger partial charge in [-0.1, -0.05) is 159 Å². The quantitative estimate of drug-likeness (QED) is 0.111. The van der Waals surface area contributed by atoms with Gasteiger partial charge in [0.05, 0.1) is 33.8 Å². The Morgan fingerprint density at radius 3 is 1.24 bits per heavy atom. The predicted octanol–water partition coefficient (Wildman–Crippen LogP) is 6.99. The van der Waals surface area contributed by atoms with Crippen LogP contribution in [0.1, 0.15) is 51.0 Å². The number of hydrogen-bond acceptors (Lipinski definition) is 0. The first-order chi connectivity index (χ1) is 18.5. The number of rotatable bonds is 12. The predicted molar refractivity (Wildman–Crippen MR) is 170 cm³/mol. The van der Waals surface area contributed by atoms with E-state index in [1.807, 2.05) is 0 Å². The highest BCUT2D eigenvalue weighted by atomic mass is 15.3. The van der Waals surface area contributed by atoms with Crippen molar-refractivity contribution in [1.29, 1.82) is 0 Å². The third kappa shape index (κ3) is 9.03. The minimum atomic E-state index is -1.09. The summed E-state index contributed by atoms with van der Waals surface area (Å²) in [5.74, 6) is 0. The molecule has 0 spiro atoms. The molecule has 0 saturated carbocycles. The van der Waals surface area contributed by atoms with Crippen LogP contribution in [0.2, 0.25) is 0 Å². The molecule has 0 N–H and O–H groups in total. The van der Waals surface area contributed by atoms with Crippen LogP contribution >= 0.6 is 0 Å². The second-order valence-corrected chi connectivity index (χ2v) is 11.7. The van der Waals surface area contributed by atoms with Gasteiger partial charge in [-0.05, 0) is 12.8 Å². The van der Waals surface area contributed by atoms with Gasteiger partial charge >= 0.3 is 0 Å². The zero-order chi connectivity index (χ0) is 27.1. The Bertz CT molecular complexity index is 1040. The Hall–Kier alpha value is -3.10. The van der Waals surface area contributed by atoms with Crippen molar-refractivity contribution in [3.05, 3.63) is 127 Å². The van der Waals surface area contributed by atoms with Gasteiger partial charge in [0.1, 0.15) is 0 Å². The second kappa shape index (κ2) is 15.3. The Kier molecular flexibility index (Phi) is 11.9. The summed E-state index contributed by atoms with van der Waals surface area (Å²) in [4.78, 5) is 0. The summed E-state index contributed by atoms with van der Waals surface area (Å²) in [5.41, 5.74) is 5.51. The first kappa shape index (κ1) is 29.5. The van der Waals surface area contributed by atoms with E-state index < -0.39 is 6.15 Å². The lowest BCUT2D eigenvalue weighted by molar-refractivity contribution is -0.870. The molecule has 0 aliphatic heterocycles. The normalized spacial score (nSPS) is 11.5. The van der Waals surface area contributed by atoms with E-state index in [4.69, 9.17) is 0 Å². The maximum absolute atomic E-state index is 2.28. The molecule has 4 aromatic rings. The minimum Gasteiger partial charge on any atom is -0.331 e. The highest BCUT2D eigenvalue weighted by Crippen LogP contribution is 2.15. The molecule has 4 aromatic carbocycles. The lowest BCUT2D eigenvalue weighted by atomic mass is 9.14. The van der Waals surface area contributed by atoms with Gasteiger partial charge in [0.25, 0.3) is 0 Å². The van der Waals surface area contributed by atoms with Gasteiger partial charge < -0.3 is 4.48 Å². The first-order valence-corrected chi connectivity index (χ1v) is 14.6. The maximum Gasteiger partial charge on any atom is 0.0856 e. The van der Waals surface area contributed by atoms with Gasteiger partial charge in [0, 0.05) is 0 Å². The van der Waals surface area contributed by atoms with Crippen molar-refractivity contribution in [2.75, 3.05) is 27.7 Å². The van der Waals surface area contributed by atoms with E-state index in [2.05, 4.69) is 149 Å². The fraction of sp³-hybridized carbons (Fsp3) is 0.333. The standard InChI is InChI=1S/C25H22B.C11H26N/c1-5-13-22(14-6-1)21-26(23-15-7-2-8-16-23,24-17-9-3-10-18-24)25-19-11-4-12-20-25;1-5-6-7-8-9-10-11-12(2,3)4/h1-20H,21H2;5-11H2,1-4H3/q-1;+1. The van der Waals surface area contributed by atoms with Crippen molar-refractivity contribution < 1.29 is 4.48 Å².